The van der Waals surface area contributed by atoms with Gasteiger partial charge in [0.15, 0.2) is 0 Å². The van der Waals surface area contributed by atoms with Crippen LogP contribution in [0.3, 0.4) is 0 Å². The van der Waals surface area contributed by atoms with Crippen molar-refractivity contribution < 1.29 is 4.79 Å². The van der Waals surface area contributed by atoms with Crippen LogP contribution >= 0.6 is 23.1 Å². The van der Waals surface area contributed by atoms with Gasteiger partial charge < -0.3 is 5.32 Å². The average Bonchev–Trinajstić information content (AvgIpc) is 2.97. The minimum atomic E-state index is -0.158. The number of thioether (sulfide) groups is 1. The maximum Gasteiger partial charge on any atom is 0.235 e. The molecule has 3 heterocycles. The highest BCUT2D eigenvalue weighted by Gasteiger charge is 2.30. The number of nitrogens with one attached hydrogen (secondary N) is 1. The molecule has 0 aromatic carbocycles. The van der Waals surface area contributed by atoms with Crippen molar-refractivity contribution in [3.8, 4) is 0 Å². The molecular formula is C14H17N3OS2. The fourth-order valence-corrected chi connectivity index (χ4v) is 4.16. The number of hydrogen-bond donors (Lipinski definition) is 1. The second-order valence-electron chi connectivity index (χ2n) is 5.83. The largest absolute Gasteiger partial charge is 0.310 e. The Morgan fingerprint density at radius 3 is 2.90 bits per heavy atom. The fourth-order valence-electron chi connectivity index (χ4n) is 2.30. The molecule has 0 fully saturated rings. The highest BCUT2D eigenvalue weighted by Crippen LogP contribution is 2.42. The van der Waals surface area contributed by atoms with Gasteiger partial charge in [-0.05, 0) is 43.2 Å². The molecule has 1 aliphatic rings. The monoisotopic (exact) mass is 307 g/mol. The van der Waals surface area contributed by atoms with Crippen LogP contribution in [-0.2, 0) is 10.3 Å². The van der Waals surface area contributed by atoms with E-state index >= 15 is 0 Å². The Hall–Kier alpha value is -1.27. The first kappa shape index (κ1) is 13.7. The summed E-state index contributed by atoms with van der Waals surface area (Å²) in [5, 5.41) is 11.9. The van der Waals surface area contributed by atoms with Crippen molar-refractivity contribution in [2.75, 3.05) is 11.1 Å². The number of aromatic nitrogens is 2. The lowest BCUT2D eigenvalue weighted by Crippen LogP contribution is -2.27. The molecule has 1 atom stereocenters. The summed E-state index contributed by atoms with van der Waals surface area (Å²) in [6.45, 7) is 6.26. The molecule has 0 saturated heterocycles. The summed E-state index contributed by atoms with van der Waals surface area (Å²) in [6.07, 6.45) is 1.89. The summed E-state index contributed by atoms with van der Waals surface area (Å²) in [5.41, 5.74) is 2.18. The van der Waals surface area contributed by atoms with Gasteiger partial charge in [0, 0.05) is 5.56 Å². The van der Waals surface area contributed by atoms with Crippen LogP contribution in [0.4, 0.5) is 5.82 Å². The minimum Gasteiger partial charge on any atom is -0.310 e. The number of anilines is 1. The van der Waals surface area contributed by atoms with E-state index < -0.39 is 0 Å². The first-order valence-electron chi connectivity index (χ1n) is 6.49. The molecule has 0 radical (unpaired) electrons. The number of carbonyl (C=O) groups excluding carboxylic acids is 1. The number of hydrogen-bond acceptors (Lipinski definition) is 4. The number of thiophene rings is 1. The molecule has 0 aliphatic carbocycles. The Kier molecular flexibility index (Phi) is 3.38. The van der Waals surface area contributed by atoms with E-state index in [4.69, 9.17) is 0 Å². The summed E-state index contributed by atoms with van der Waals surface area (Å²) in [4.78, 5) is 12.0. The smallest absolute Gasteiger partial charge is 0.235 e. The molecular weight excluding hydrogens is 290 g/mol. The molecule has 1 amide bonds. The maximum atomic E-state index is 12.0. The zero-order valence-electron chi connectivity index (χ0n) is 11.7. The van der Waals surface area contributed by atoms with Gasteiger partial charge in [0.05, 0.1) is 22.7 Å². The van der Waals surface area contributed by atoms with Crippen molar-refractivity contribution in [3.63, 3.8) is 0 Å². The summed E-state index contributed by atoms with van der Waals surface area (Å²) >= 11 is 3.34. The summed E-state index contributed by atoms with van der Waals surface area (Å²) in [5.74, 6) is 1.35. The van der Waals surface area contributed by atoms with Gasteiger partial charge in [0.25, 0.3) is 0 Å². The second-order valence-corrected chi connectivity index (χ2v) is 7.70. The van der Waals surface area contributed by atoms with Crippen LogP contribution in [0.15, 0.2) is 23.0 Å². The van der Waals surface area contributed by atoms with E-state index in [0.717, 1.165) is 11.4 Å². The van der Waals surface area contributed by atoms with Gasteiger partial charge >= 0.3 is 0 Å². The quantitative estimate of drug-likeness (QED) is 0.877. The van der Waals surface area contributed by atoms with Crippen molar-refractivity contribution >= 4 is 34.8 Å². The van der Waals surface area contributed by atoms with E-state index in [9.17, 15) is 4.79 Å². The molecule has 2 aromatic rings. The zero-order valence-corrected chi connectivity index (χ0v) is 13.3. The topological polar surface area (TPSA) is 46.9 Å². The van der Waals surface area contributed by atoms with E-state index in [-0.39, 0.29) is 16.7 Å². The van der Waals surface area contributed by atoms with Gasteiger partial charge in [-0.3, -0.25) is 4.79 Å². The van der Waals surface area contributed by atoms with Crippen LogP contribution in [0.25, 0.3) is 0 Å². The lowest BCUT2D eigenvalue weighted by atomic mass is 10.1. The molecule has 0 spiro atoms. The van der Waals surface area contributed by atoms with Crippen LogP contribution < -0.4 is 5.32 Å². The van der Waals surface area contributed by atoms with Gasteiger partial charge in [-0.25, -0.2) is 4.68 Å². The number of rotatable bonds is 1. The zero-order chi connectivity index (χ0) is 14.3. The van der Waals surface area contributed by atoms with E-state index in [2.05, 4.69) is 48.0 Å². The molecule has 2 aromatic heterocycles. The SMILES string of the molecule is CC(C)(C)n1ncc2c1NC(=O)CS[C@@H]2c1ccsc1. The predicted octanol–water partition coefficient (Wildman–Crippen LogP) is 3.47. The van der Waals surface area contributed by atoms with Gasteiger partial charge in [-0.2, -0.15) is 16.4 Å². The Morgan fingerprint density at radius 1 is 1.45 bits per heavy atom. The highest BCUT2D eigenvalue weighted by molar-refractivity contribution is 8.00. The van der Waals surface area contributed by atoms with E-state index in [1.165, 1.54) is 5.56 Å². The van der Waals surface area contributed by atoms with E-state index in [1.54, 1.807) is 23.1 Å². The summed E-state index contributed by atoms with van der Waals surface area (Å²) in [7, 11) is 0. The van der Waals surface area contributed by atoms with Gasteiger partial charge in [-0.15, -0.1) is 11.8 Å². The van der Waals surface area contributed by atoms with Crippen molar-refractivity contribution in [1.82, 2.24) is 9.78 Å². The number of amides is 1. The molecule has 0 bridgehead atoms. The van der Waals surface area contributed by atoms with E-state index in [1.807, 2.05) is 10.9 Å². The third-order valence-corrected chi connectivity index (χ3v) is 5.19. The lowest BCUT2D eigenvalue weighted by Gasteiger charge is -2.22. The molecule has 4 nitrogen and oxygen atoms in total. The Bertz CT molecular complexity index is 625. The van der Waals surface area contributed by atoms with Crippen molar-refractivity contribution in [2.24, 2.45) is 0 Å². The van der Waals surface area contributed by atoms with Gasteiger partial charge in [0.1, 0.15) is 5.82 Å². The third kappa shape index (κ3) is 2.38. The fraction of sp³-hybridized carbons (Fsp3) is 0.429. The molecule has 0 saturated carbocycles. The van der Waals surface area contributed by atoms with Crippen molar-refractivity contribution in [2.45, 2.75) is 31.6 Å². The maximum absolute atomic E-state index is 12.0. The van der Waals surface area contributed by atoms with Crippen LogP contribution in [0.5, 0.6) is 0 Å². The molecule has 106 valence electrons. The number of nitrogens with zero attached hydrogens (tertiary/aromatic N) is 2. The third-order valence-electron chi connectivity index (χ3n) is 3.20. The Morgan fingerprint density at radius 2 is 2.25 bits per heavy atom. The first-order chi connectivity index (χ1) is 9.47. The Labute approximate surface area is 126 Å². The van der Waals surface area contributed by atoms with Crippen LogP contribution in [-0.4, -0.2) is 21.4 Å². The summed E-state index contributed by atoms with van der Waals surface area (Å²) < 4.78 is 1.91. The molecule has 3 rings (SSSR count). The Balaban J connectivity index is 2.12. The average molecular weight is 307 g/mol. The van der Waals surface area contributed by atoms with Crippen molar-refractivity contribution in [1.29, 1.82) is 0 Å². The van der Waals surface area contributed by atoms with Crippen molar-refractivity contribution in [3.05, 3.63) is 34.2 Å². The first-order valence-corrected chi connectivity index (χ1v) is 8.48. The molecule has 6 heteroatoms. The van der Waals surface area contributed by atoms with Gasteiger partial charge in [0.2, 0.25) is 5.91 Å². The second kappa shape index (κ2) is 4.93. The number of carbonyl (C=O) groups is 1. The van der Waals surface area contributed by atoms with Crippen LogP contribution in [0, 0.1) is 0 Å². The normalized spacial score (nSPS) is 19.4. The molecule has 20 heavy (non-hydrogen) atoms. The highest BCUT2D eigenvalue weighted by atomic mass is 32.2. The minimum absolute atomic E-state index is 0.0416. The van der Waals surface area contributed by atoms with Gasteiger partial charge in [-0.1, -0.05) is 0 Å². The number of fused-ring (bicyclic) bond motifs is 1. The predicted molar refractivity (Wildman–Crippen MR) is 84.5 cm³/mol. The van der Waals surface area contributed by atoms with Crippen LogP contribution in [0.2, 0.25) is 0 Å². The molecule has 1 aliphatic heterocycles. The molecule has 0 unspecified atom stereocenters. The lowest BCUT2D eigenvalue weighted by molar-refractivity contribution is -0.113. The van der Waals surface area contributed by atoms with E-state index in [0.29, 0.717) is 5.75 Å². The summed E-state index contributed by atoms with van der Waals surface area (Å²) in [6, 6.07) is 2.12. The molecule has 1 N–H and O–H groups in total. The standard InChI is InChI=1S/C14H17N3OS2/c1-14(2,3)17-13-10(6-15-17)12(9-4-5-19-7-9)20-8-11(18)16-13/h4-7,12H,8H2,1-3H3,(H,16,18)/t12-/m1/s1. The van der Waals surface area contributed by atoms with Crippen LogP contribution in [0.1, 0.15) is 37.1 Å².